The van der Waals surface area contributed by atoms with Gasteiger partial charge < -0.3 is 10.1 Å². The van der Waals surface area contributed by atoms with Crippen molar-refractivity contribution in [2.75, 3.05) is 38.3 Å². The predicted molar refractivity (Wildman–Crippen MR) is 81.9 cm³/mol. The molecule has 120 valence electrons. The van der Waals surface area contributed by atoms with Crippen LogP contribution in [0.15, 0.2) is 12.3 Å². The van der Waals surface area contributed by atoms with Crippen LogP contribution in [0.3, 0.4) is 0 Å². The maximum absolute atomic E-state index is 11.7. The van der Waals surface area contributed by atoms with E-state index in [1.807, 2.05) is 19.3 Å². The second-order valence-electron chi connectivity index (χ2n) is 5.80. The molecule has 0 amide bonds. The second-order valence-corrected chi connectivity index (χ2v) is 8.03. The minimum absolute atomic E-state index is 0.229. The van der Waals surface area contributed by atoms with Crippen LogP contribution in [0.4, 0.5) is 0 Å². The summed E-state index contributed by atoms with van der Waals surface area (Å²) in [6.07, 6.45) is 3.52. The molecular weight excluding hydrogens is 290 g/mol. The molecule has 0 saturated carbocycles. The first-order valence-corrected chi connectivity index (χ1v) is 9.21. The zero-order valence-corrected chi connectivity index (χ0v) is 13.6. The quantitative estimate of drug-likeness (QED) is 0.696. The summed E-state index contributed by atoms with van der Waals surface area (Å²) in [4.78, 5) is 0. The highest BCUT2D eigenvalue weighted by atomic mass is 32.2. The monoisotopic (exact) mass is 315 g/mol. The van der Waals surface area contributed by atoms with Crippen molar-refractivity contribution in [1.29, 1.82) is 0 Å². The van der Waals surface area contributed by atoms with E-state index >= 15 is 0 Å². The Bertz CT molecular complexity index is 541. The Balaban J connectivity index is 1.96. The molecule has 1 aromatic rings. The summed E-state index contributed by atoms with van der Waals surface area (Å²) in [6, 6.07) is 2.01. The molecule has 1 aromatic heterocycles. The van der Waals surface area contributed by atoms with Gasteiger partial charge in [-0.15, -0.1) is 0 Å². The third-order valence-electron chi connectivity index (χ3n) is 4.06. The van der Waals surface area contributed by atoms with Crippen molar-refractivity contribution in [2.45, 2.75) is 12.8 Å². The lowest BCUT2D eigenvalue weighted by Gasteiger charge is -2.22. The summed E-state index contributed by atoms with van der Waals surface area (Å²) < 4.78 is 30.3. The Morgan fingerprint density at radius 1 is 1.57 bits per heavy atom. The molecule has 0 aromatic carbocycles. The number of sulfone groups is 1. The van der Waals surface area contributed by atoms with Gasteiger partial charge in [0.05, 0.1) is 23.8 Å². The molecule has 1 aliphatic heterocycles. The molecule has 1 saturated heterocycles. The summed E-state index contributed by atoms with van der Waals surface area (Å²) >= 11 is 0. The van der Waals surface area contributed by atoms with Crippen LogP contribution in [0.1, 0.15) is 12.1 Å². The highest BCUT2D eigenvalue weighted by Crippen LogP contribution is 2.28. The van der Waals surface area contributed by atoms with Crippen molar-refractivity contribution in [2.24, 2.45) is 18.9 Å². The average molecular weight is 315 g/mol. The first-order chi connectivity index (χ1) is 10.00. The fourth-order valence-electron chi connectivity index (χ4n) is 2.90. The molecule has 2 atom stereocenters. The van der Waals surface area contributed by atoms with Crippen LogP contribution in [0, 0.1) is 11.8 Å². The van der Waals surface area contributed by atoms with Gasteiger partial charge in [0.15, 0.2) is 9.84 Å². The number of nitrogens with zero attached hydrogens (tertiary/aromatic N) is 2. The number of hydrogen-bond donors (Lipinski definition) is 1. The van der Waals surface area contributed by atoms with E-state index in [4.69, 9.17) is 4.74 Å². The Morgan fingerprint density at radius 3 is 2.95 bits per heavy atom. The number of methoxy groups -OCH3 is 1. The second kappa shape index (κ2) is 7.38. The van der Waals surface area contributed by atoms with Gasteiger partial charge in [-0.25, -0.2) is 8.42 Å². The summed E-state index contributed by atoms with van der Waals surface area (Å²) in [6.45, 7) is 2.26. The molecule has 1 fully saturated rings. The normalized spacial score (nSPS) is 22.5. The number of aryl methyl sites for hydroxylation is 1. The number of ether oxygens (including phenoxy) is 1. The molecular formula is C14H25N3O3S. The van der Waals surface area contributed by atoms with Gasteiger partial charge >= 0.3 is 0 Å². The van der Waals surface area contributed by atoms with E-state index in [2.05, 4.69) is 10.4 Å². The largest absolute Gasteiger partial charge is 0.383 e. The van der Waals surface area contributed by atoms with E-state index in [0.717, 1.165) is 31.6 Å². The van der Waals surface area contributed by atoms with Crippen LogP contribution in [0.5, 0.6) is 0 Å². The molecule has 1 N–H and O–H groups in total. The minimum atomic E-state index is -2.84. The fourth-order valence-corrected chi connectivity index (χ4v) is 4.82. The molecule has 0 radical (unpaired) electrons. The zero-order valence-electron chi connectivity index (χ0n) is 12.8. The number of nitrogens with one attached hydrogen (secondary N) is 1. The molecule has 6 nitrogen and oxygen atoms in total. The molecule has 0 aliphatic carbocycles. The fraction of sp³-hybridized carbons (Fsp3) is 0.786. The Morgan fingerprint density at radius 2 is 2.38 bits per heavy atom. The van der Waals surface area contributed by atoms with E-state index in [1.54, 1.807) is 11.8 Å². The zero-order chi connectivity index (χ0) is 15.3. The lowest BCUT2D eigenvalue weighted by Crippen LogP contribution is -2.32. The lowest BCUT2D eigenvalue weighted by molar-refractivity contribution is 0.195. The molecule has 21 heavy (non-hydrogen) atoms. The predicted octanol–water partition coefficient (Wildman–Crippen LogP) is 0.250. The van der Waals surface area contributed by atoms with Gasteiger partial charge in [0.2, 0.25) is 0 Å². The number of rotatable bonds is 8. The maximum atomic E-state index is 11.7. The summed E-state index contributed by atoms with van der Waals surface area (Å²) in [5.74, 6) is 1.17. The molecule has 1 aliphatic rings. The van der Waals surface area contributed by atoms with Crippen LogP contribution in [0.25, 0.3) is 0 Å². The highest BCUT2D eigenvalue weighted by molar-refractivity contribution is 7.91. The summed E-state index contributed by atoms with van der Waals surface area (Å²) in [7, 11) is 0.734. The third-order valence-corrected chi connectivity index (χ3v) is 5.86. The molecule has 7 heteroatoms. The molecule has 0 bridgehead atoms. The number of aromatic nitrogens is 2. The van der Waals surface area contributed by atoms with Crippen LogP contribution < -0.4 is 5.32 Å². The van der Waals surface area contributed by atoms with Gasteiger partial charge in [-0.05, 0) is 37.3 Å². The molecule has 0 spiro atoms. The summed E-state index contributed by atoms with van der Waals surface area (Å²) in [5.41, 5.74) is 1.03. The van der Waals surface area contributed by atoms with Gasteiger partial charge in [0.1, 0.15) is 0 Å². The van der Waals surface area contributed by atoms with Gasteiger partial charge in [-0.1, -0.05) is 0 Å². The van der Waals surface area contributed by atoms with Gasteiger partial charge in [-0.3, -0.25) is 4.68 Å². The van der Waals surface area contributed by atoms with Crippen LogP contribution in [-0.2, 0) is 28.0 Å². The molecule has 2 rings (SSSR count). The standard InChI is InChI=1S/C14H25N3O3S/c1-17-6-3-14(16-17)9-13(10-15-5-7-20-2)12-4-8-21(18,19)11-12/h3,6,12-13,15H,4-5,7-11H2,1-2H3. The Hall–Kier alpha value is -0.920. The average Bonchev–Trinajstić information content (AvgIpc) is 2.99. The number of hydrogen-bond acceptors (Lipinski definition) is 5. The van der Waals surface area contributed by atoms with E-state index in [0.29, 0.717) is 24.0 Å². The van der Waals surface area contributed by atoms with E-state index < -0.39 is 9.84 Å². The summed E-state index contributed by atoms with van der Waals surface area (Å²) in [5, 5.41) is 7.78. The third kappa shape index (κ3) is 5.09. The van der Waals surface area contributed by atoms with Crippen molar-refractivity contribution in [3.63, 3.8) is 0 Å². The Kier molecular flexibility index (Phi) is 5.78. The van der Waals surface area contributed by atoms with Crippen molar-refractivity contribution in [1.82, 2.24) is 15.1 Å². The van der Waals surface area contributed by atoms with Crippen molar-refractivity contribution < 1.29 is 13.2 Å². The van der Waals surface area contributed by atoms with Crippen LogP contribution in [-0.4, -0.2) is 56.5 Å². The van der Waals surface area contributed by atoms with Crippen LogP contribution in [0.2, 0.25) is 0 Å². The van der Waals surface area contributed by atoms with Gasteiger partial charge in [0.25, 0.3) is 0 Å². The van der Waals surface area contributed by atoms with Crippen molar-refractivity contribution in [3.05, 3.63) is 18.0 Å². The minimum Gasteiger partial charge on any atom is -0.383 e. The van der Waals surface area contributed by atoms with E-state index in [1.165, 1.54) is 0 Å². The van der Waals surface area contributed by atoms with Crippen LogP contribution >= 0.6 is 0 Å². The molecule has 2 heterocycles. The van der Waals surface area contributed by atoms with Crippen molar-refractivity contribution in [3.8, 4) is 0 Å². The Labute approximate surface area is 126 Å². The topological polar surface area (TPSA) is 73.2 Å². The highest BCUT2D eigenvalue weighted by Gasteiger charge is 2.33. The van der Waals surface area contributed by atoms with Crippen molar-refractivity contribution >= 4 is 9.84 Å². The van der Waals surface area contributed by atoms with E-state index in [9.17, 15) is 8.42 Å². The maximum Gasteiger partial charge on any atom is 0.150 e. The first-order valence-electron chi connectivity index (χ1n) is 7.39. The smallest absolute Gasteiger partial charge is 0.150 e. The SMILES string of the molecule is COCCNCC(Cc1ccn(C)n1)C1CCS(=O)(=O)C1. The van der Waals surface area contributed by atoms with Gasteiger partial charge in [-0.2, -0.15) is 5.10 Å². The molecule has 2 unspecified atom stereocenters. The van der Waals surface area contributed by atoms with Gasteiger partial charge in [0, 0.05) is 26.9 Å². The lowest BCUT2D eigenvalue weighted by atomic mass is 9.88. The van der Waals surface area contributed by atoms with E-state index in [-0.39, 0.29) is 5.92 Å². The first kappa shape index (κ1) is 16.5.